The molecule has 0 spiro atoms. The first kappa shape index (κ1) is 11.3. The van der Waals surface area contributed by atoms with Crippen LogP contribution in [-0.2, 0) is 6.42 Å². The molecule has 0 bridgehead atoms. The molecule has 0 nitrogen and oxygen atoms in total. The molecule has 1 aromatic carbocycles. The van der Waals surface area contributed by atoms with E-state index in [1.165, 1.54) is 15.6 Å². The van der Waals surface area contributed by atoms with Gasteiger partial charge < -0.3 is 0 Å². The van der Waals surface area contributed by atoms with Crippen molar-refractivity contribution in [2.45, 2.75) is 19.8 Å². The highest BCUT2D eigenvalue weighted by Gasteiger charge is 2.00. The zero-order valence-electron chi connectivity index (χ0n) is 7.76. The Bertz CT molecular complexity index is 243. The molecular weight excluding hydrogens is 294 g/mol. The molecule has 2 heteroatoms. The molecule has 0 saturated heterocycles. The molecule has 1 aromatic rings. The third-order valence-electron chi connectivity index (χ3n) is 2.10. The predicted molar refractivity (Wildman–Crippen MR) is 67.4 cm³/mol. The minimum Gasteiger partial charge on any atom is -0.126 e. The Hall–Kier alpha value is 0.240. The lowest BCUT2D eigenvalue weighted by Gasteiger charge is -2.06. The molecule has 72 valence electrons. The Labute approximate surface area is 98.8 Å². The van der Waals surface area contributed by atoms with Crippen LogP contribution in [0.1, 0.15) is 18.9 Å². The van der Waals surface area contributed by atoms with Gasteiger partial charge in [0, 0.05) is 9.45 Å². The van der Waals surface area contributed by atoms with Crippen LogP contribution in [0.4, 0.5) is 0 Å². The topological polar surface area (TPSA) is 0 Å². The van der Waals surface area contributed by atoms with E-state index in [9.17, 15) is 0 Å². The molecule has 0 aliphatic carbocycles. The first-order valence-corrected chi connectivity index (χ1v) is 6.14. The van der Waals surface area contributed by atoms with Crippen molar-refractivity contribution in [2.24, 2.45) is 5.92 Å². The first-order valence-electron chi connectivity index (χ1n) is 4.53. The molecule has 0 amide bonds. The summed E-state index contributed by atoms with van der Waals surface area (Å²) in [5, 5.41) is 0. The van der Waals surface area contributed by atoms with Gasteiger partial charge in [-0.2, -0.15) is 0 Å². The first-order chi connectivity index (χ1) is 6.22. The molecule has 0 aromatic heterocycles. The largest absolute Gasteiger partial charge is 0.126 e. The summed E-state index contributed by atoms with van der Waals surface area (Å²) in [4.78, 5) is 0. The van der Waals surface area contributed by atoms with Gasteiger partial charge in [0.2, 0.25) is 0 Å². The van der Waals surface area contributed by atoms with E-state index in [1.807, 2.05) is 0 Å². The summed E-state index contributed by atoms with van der Waals surface area (Å²) >= 11 is 8.07. The maximum absolute atomic E-state index is 5.74. The van der Waals surface area contributed by atoms with Gasteiger partial charge in [0.15, 0.2) is 0 Å². The number of halogens is 2. The molecule has 0 saturated carbocycles. The van der Waals surface area contributed by atoms with E-state index in [-0.39, 0.29) is 0 Å². The summed E-state index contributed by atoms with van der Waals surface area (Å²) in [6.07, 6.45) is 2.33. The quantitative estimate of drug-likeness (QED) is 0.580. The van der Waals surface area contributed by atoms with E-state index in [0.29, 0.717) is 5.92 Å². The Balaban J connectivity index is 2.41. The highest BCUT2D eigenvalue weighted by Crippen LogP contribution is 2.12. The molecule has 0 heterocycles. The van der Waals surface area contributed by atoms with Gasteiger partial charge in [-0.05, 0) is 59.0 Å². The lowest BCUT2D eigenvalue weighted by molar-refractivity contribution is 0.593. The van der Waals surface area contributed by atoms with Gasteiger partial charge in [0.05, 0.1) is 0 Å². The van der Waals surface area contributed by atoms with Gasteiger partial charge in [-0.3, -0.25) is 0 Å². The molecular formula is C11H14ClI. The summed E-state index contributed by atoms with van der Waals surface area (Å²) in [5.74, 6) is 1.39. The molecule has 13 heavy (non-hydrogen) atoms. The molecule has 0 N–H and O–H groups in total. The lowest BCUT2D eigenvalue weighted by atomic mass is 10.0. The van der Waals surface area contributed by atoms with E-state index < -0.39 is 0 Å². The molecule has 1 atom stereocenters. The fraction of sp³-hybridized carbons (Fsp3) is 0.455. The standard InChI is InChI=1S/C11H14ClI/c1-9(8-12)2-3-10-4-6-11(13)7-5-10/h4-7,9H,2-3,8H2,1H3. The van der Waals surface area contributed by atoms with Crippen molar-refractivity contribution in [3.8, 4) is 0 Å². The second-order valence-corrected chi connectivity index (χ2v) is 4.98. The van der Waals surface area contributed by atoms with Gasteiger partial charge in [0.1, 0.15) is 0 Å². The number of benzene rings is 1. The number of hydrogen-bond acceptors (Lipinski definition) is 0. The van der Waals surface area contributed by atoms with Crippen molar-refractivity contribution in [2.75, 3.05) is 5.88 Å². The van der Waals surface area contributed by atoms with Crippen LogP contribution in [0.3, 0.4) is 0 Å². The number of aryl methyl sites for hydroxylation is 1. The number of rotatable bonds is 4. The van der Waals surface area contributed by atoms with E-state index in [0.717, 1.165) is 12.3 Å². The number of hydrogen-bond donors (Lipinski definition) is 0. The van der Waals surface area contributed by atoms with Gasteiger partial charge >= 0.3 is 0 Å². The maximum atomic E-state index is 5.74. The van der Waals surface area contributed by atoms with E-state index in [4.69, 9.17) is 11.6 Å². The third kappa shape index (κ3) is 4.32. The van der Waals surface area contributed by atoms with Crippen molar-refractivity contribution in [3.05, 3.63) is 33.4 Å². The van der Waals surface area contributed by atoms with Crippen LogP contribution in [0.15, 0.2) is 24.3 Å². The minimum atomic E-state index is 0.626. The molecule has 0 aliphatic rings. The van der Waals surface area contributed by atoms with E-state index >= 15 is 0 Å². The van der Waals surface area contributed by atoms with Crippen molar-refractivity contribution in [1.82, 2.24) is 0 Å². The normalized spacial score (nSPS) is 12.8. The second kappa shape index (κ2) is 5.86. The average Bonchev–Trinajstić information content (AvgIpc) is 2.16. The maximum Gasteiger partial charge on any atom is 0.0249 e. The zero-order chi connectivity index (χ0) is 9.68. The summed E-state index contributed by atoms with van der Waals surface area (Å²) in [6, 6.07) is 8.70. The average molecular weight is 309 g/mol. The Kier molecular flexibility index (Phi) is 5.10. The summed E-state index contributed by atoms with van der Waals surface area (Å²) in [7, 11) is 0. The fourth-order valence-electron chi connectivity index (χ4n) is 1.14. The van der Waals surface area contributed by atoms with Crippen LogP contribution in [-0.4, -0.2) is 5.88 Å². The SMILES string of the molecule is CC(CCl)CCc1ccc(I)cc1. The molecule has 1 unspecified atom stereocenters. The van der Waals surface area contributed by atoms with Gasteiger partial charge in [-0.15, -0.1) is 11.6 Å². The summed E-state index contributed by atoms with van der Waals surface area (Å²) in [5.41, 5.74) is 1.41. The lowest BCUT2D eigenvalue weighted by Crippen LogP contribution is -1.98. The fourth-order valence-corrected chi connectivity index (χ4v) is 1.66. The van der Waals surface area contributed by atoms with Crippen LogP contribution < -0.4 is 0 Å². The Morgan fingerprint density at radius 3 is 2.46 bits per heavy atom. The van der Waals surface area contributed by atoms with E-state index in [2.05, 4.69) is 53.8 Å². The number of alkyl halides is 1. The molecule has 0 aliphatic heterocycles. The Morgan fingerprint density at radius 1 is 1.31 bits per heavy atom. The minimum absolute atomic E-state index is 0.626. The highest BCUT2D eigenvalue weighted by atomic mass is 127. The van der Waals surface area contributed by atoms with Crippen molar-refractivity contribution >= 4 is 34.2 Å². The van der Waals surface area contributed by atoms with Crippen LogP contribution >= 0.6 is 34.2 Å². The predicted octanol–water partition coefficient (Wildman–Crippen LogP) is 4.10. The van der Waals surface area contributed by atoms with Crippen LogP contribution in [0, 0.1) is 9.49 Å². The van der Waals surface area contributed by atoms with Gasteiger partial charge in [0.25, 0.3) is 0 Å². The summed E-state index contributed by atoms with van der Waals surface area (Å²) < 4.78 is 1.30. The van der Waals surface area contributed by atoms with Gasteiger partial charge in [-0.1, -0.05) is 19.1 Å². The Morgan fingerprint density at radius 2 is 1.92 bits per heavy atom. The molecule has 0 fully saturated rings. The van der Waals surface area contributed by atoms with Crippen molar-refractivity contribution in [1.29, 1.82) is 0 Å². The third-order valence-corrected chi connectivity index (χ3v) is 3.35. The summed E-state index contributed by atoms with van der Waals surface area (Å²) in [6.45, 7) is 2.19. The zero-order valence-corrected chi connectivity index (χ0v) is 10.7. The second-order valence-electron chi connectivity index (χ2n) is 3.42. The monoisotopic (exact) mass is 308 g/mol. The van der Waals surface area contributed by atoms with Gasteiger partial charge in [-0.25, -0.2) is 0 Å². The smallest absolute Gasteiger partial charge is 0.0249 e. The van der Waals surface area contributed by atoms with Crippen LogP contribution in [0.5, 0.6) is 0 Å². The van der Waals surface area contributed by atoms with Crippen molar-refractivity contribution in [3.63, 3.8) is 0 Å². The van der Waals surface area contributed by atoms with Crippen LogP contribution in [0.2, 0.25) is 0 Å². The molecule has 1 rings (SSSR count). The highest BCUT2D eigenvalue weighted by molar-refractivity contribution is 14.1. The molecule has 0 radical (unpaired) electrons. The van der Waals surface area contributed by atoms with Crippen LogP contribution in [0.25, 0.3) is 0 Å². The van der Waals surface area contributed by atoms with Crippen molar-refractivity contribution < 1.29 is 0 Å². The van der Waals surface area contributed by atoms with E-state index in [1.54, 1.807) is 0 Å².